The van der Waals surface area contributed by atoms with Crippen molar-refractivity contribution in [3.05, 3.63) is 35.1 Å². The highest BCUT2D eigenvalue weighted by atomic mass is 35.5. The molecule has 0 bridgehead atoms. The molecule has 0 heterocycles. The first-order valence-corrected chi connectivity index (χ1v) is 4.86. The summed E-state index contributed by atoms with van der Waals surface area (Å²) in [5, 5.41) is 15.3. The summed E-state index contributed by atoms with van der Waals surface area (Å²) in [6.45, 7) is -0.290. The van der Waals surface area contributed by atoms with Gasteiger partial charge in [0.1, 0.15) is 11.4 Å². The van der Waals surface area contributed by atoms with Crippen LogP contribution in [0.3, 0.4) is 0 Å². The first kappa shape index (κ1) is 12.5. The number of halogens is 1. The Labute approximate surface area is 98.2 Å². The normalized spacial score (nSPS) is 11.1. The Morgan fingerprint density at radius 3 is 3.00 bits per heavy atom. The van der Waals surface area contributed by atoms with Gasteiger partial charge in [-0.1, -0.05) is 11.6 Å². The lowest BCUT2D eigenvalue weighted by atomic mass is 10.3. The van der Waals surface area contributed by atoms with E-state index in [1.807, 2.05) is 0 Å². The maximum absolute atomic E-state index is 8.78. The number of nitrogens with zero attached hydrogens (tertiary/aromatic N) is 1. The van der Waals surface area contributed by atoms with Crippen molar-refractivity contribution < 1.29 is 9.84 Å². The van der Waals surface area contributed by atoms with E-state index in [0.29, 0.717) is 10.8 Å². The third-order valence-electron chi connectivity index (χ3n) is 1.86. The molecule has 1 aromatic carbocycles. The van der Waals surface area contributed by atoms with E-state index in [-0.39, 0.29) is 12.3 Å². The predicted octanol–water partition coefficient (Wildman–Crippen LogP) is 2.63. The molecule has 0 atom stereocenters. The minimum Gasteiger partial charge on any atom is -0.495 e. The smallest absolute Gasteiger partial charge is 0.139 e. The van der Waals surface area contributed by atoms with Crippen molar-refractivity contribution in [2.24, 2.45) is 5.11 Å². The molecule has 6 heteroatoms. The summed E-state index contributed by atoms with van der Waals surface area (Å²) in [4.78, 5) is 0. The standard InChI is InChI=1S/C10H12ClN3O2/c1-16-10-4-7(2-3-9(10)11)13-5-8(6-15)14-12/h2-5,12-13,15H,6H2,1H3/b8-5-,14-12?. The first-order valence-electron chi connectivity index (χ1n) is 4.48. The van der Waals surface area contributed by atoms with Gasteiger partial charge in [0.25, 0.3) is 0 Å². The lowest BCUT2D eigenvalue weighted by molar-refractivity contribution is 0.328. The lowest BCUT2D eigenvalue weighted by Gasteiger charge is -2.06. The molecular weight excluding hydrogens is 230 g/mol. The molecule has 0 radical (unpaired) electrons. The van der Waals surface area contributed by atoms with E-state index >= 15 is 0 Å². The summed E-state index contributed by atoms with van der Waals surface area (Å²) in [5.41, 5.74) is 7.71. The van der Waals surface area contributed by atoms with Crippen molar-refractivity contribution in [3.63, 3.8) is 0 Å². The summed E-state index contributed by atoms with van der Waals surface area (Å²) >= 11 is 5.86. The number of aliphatic hydroxyl groups excluding tert-OH is 1. The van der Waals surface area contributed by atoms with Crippen LogP contribution in [-0.4, -0.2) is 18.8 Å². The molecule has 3 N–H and O–H groups in total. The molecule has 1 aromatic rings. The number of ether oxygens (including phenoxy) is 1. The SMILES string of the molecule is COc1cc(N/C=C(/CO)N=N)ccc1Cl. The van der Waals surface area contributed by atoms with Gasteiger partial charge in [0, 0.05) is 18.0 Å². The molecule has 0 aliphatic rings. The molecule has 5 nitrogen and oxygen atoms in total. The molecule has 0 saturated carbocycles. The van der Waals surface area contributed by atoms with Gasteiger partial charge in [0.15, 0.2) is 0 Å². The van der Waals surface area contributed by atoms with Crippen molar-refractivity contribution in [3.8, 4) is 5.75 Å². The highest BCUT2D eigenvalue weighted by molar-refractivity contribution is 6.32. The van der Waals surface area contributed by atoms with Crippen LogP contribution in [0.15, 0.2) is 35.2 Å². The number of hydrogen-bond donors (Lipinski definition) is 3. The molecule has 0 aromatic heterocycles. The van der Waals surface area contributed by atoms with E-state index in [1.54, 1.807) is 18.2 Å². The number of benzene rings is 1. The van der Waals surface area contributed by atoms with Gasteiger partial charge in [-0.15, -0.1) is 0 Å². The van der Waals surface area contributed by atoms with Gasteiger partial charge < -0.3 is 15.2 Å². The van der Waals surface area contributed by atoms with Crippen molar-refractivity contribution in [2.45, 2.75) is 0 Å². The number of anilines is 1. The highest BCUT2D eigenvalue weighted by Crippen LogP contribution is 2.27. The number of nitrogens with one attached hydrogen (secondary N) is 2. The van der Waals surface area contributed by atoms with E-state index in [9.17, 15) is 0 Å². The summed E-state index contributed by atoms with van der Waals surface area (Å²) in [7, 11) is 1.53. The van der Waals surface area contributed by atoms with Crippen LogP contribution >= 0.6 is 11.6 Å². The molecule has 0 saturated heterocycles. The van der Waals surface area contributed by atoms with E-state index in [2.05, 4.69) is 10.4 Å². The topological polar surface area (TPSA) is 77.7 Å². The van der Waals surface area contributed by atoms with Crippen LogP contribution in [0, 0.1) is 5.53 Å². The number of rotatable bonds is 5. The zero-order valence-corrected chi connectivity index (χ0v) is 9.45. The zero-order valence-electron chi connectivity index (χ0n) is 8.70. The fourth-order valence-electron chi connectivity index (χ4n) is 1.03. The van der Waals surface area contributed by atoms with Gasteiger partial charge in [0.2, 0.25) is 0 Å². The van der Waals surface area contributed by atoms with Gasteiger partial charge in [-0.2, -0.15) is 5.11 Å². The van der Waals surface area contributed by atoms with Crippen LogP contribution in [0.25, 0.3) is 0 Å². The Kier molecular flexibility index (Phi) is 4.75. The van der Waals surface area contributed by atoms with Crippen LogP contribution in [0.4, 0.5) is 5.69 Å². The largest absolute Gasteiger partial charge is 0.495 e. The molecule has 0 aliphatic carbocycles. The van der Waals surface area contributed by atoms with Gasteiger partial charge >= 0.3 is 0 Å². The molecule has 0 fully saturated rings. The Bertz CT molecular complexity index is 407. The summed E-state index contributed by atoms with van der Waals surface area (Å²) < 4.78 is 5.04. The minimum absolute atomic E-state index is 0.230. The fourth-order valence-corrected chi connectivity index (χ4v) is 1.22. The molecule has 0 aliphatic heterocycles. The number of methoxy groups -OCH3 is 1. The van der Waals surface area contributed by atoms with Gasteiger partial charge in [-0.25, -0.2) is 5.53 Å². The van der Waals surface area contributed by atoms with Gasteiger partial charge in [-0.05, 0) is 12.1 Å². The molecule has 16 heavy (non-hydrogen) atoms. The van der Waals surface area contributed by atoms with Gasteiger partial charge in [-0.3, -0.25) is 0 Å². The first-order chi connectivity index (χ1) is 7.71. The second-order valence-corrected chi connectivity index (χ2v) is 3.31. The maximum Gasteiger partial charge on any atom is 0.139 e. The van der Waals surface area contributed by atoms with Crippen LogP contribution in [0.5, 0.6) is 5.75 Å². The molecule has 0 amide bonds. The highest BCUT2D eigenvalue weighted by Gasteiger charge is 2.00. The van der Waals surface area contributed by atoms with E-state index < -0.39 is 0 Å². The predicted molar refractivity (Wildman–Crippen MR) is 61.9 cm³/mol. The van der Waals surface area contributed by atoms with Crippen molar-refractivity contribution in [1.82, 2.24) is 0 Å². The van der Waals surface area contributed by atoms with E-state index in [0.717, 1.165) is 5.69 Å². The maximum atomic E-state index is 8.78. The second-order valence-electron chi connectivity index (χ2n) is 2.90. The zero-order chi connectivity index (χ0) is 12.0. The quantitative estimate of drug-likeness (QED) is 0.694. The third-order valence-corrected chi connectivity index (χ3v) is 2.17. The summed E-state index contributed by atoms with van der Waals surface area (Å²) in [6, 6.07) is 5.14. The minimum atomic E-state index is -0.290. The second kappa shape index (κ2) is 6.09. The molecule has 0 unspecified atom stereocenters. The fraction of sp³-hybridized carbons (Fsp3) is 0.200. The summed E-state index contributed by atoms with van der Waals surface area (Å²) in [6.07, 6.45) is 1.44. The molecule has 0 spiro atoms. The third kappa shape index (κ3) is 3.22. The molecule has 86 valence electrons. The Morgan fingerprint density at radius 1 is 1.69 bits per heavy atom. The van der Waals surface area contributed by atoms with Crippen LogP contribution in [-0.2, 0) is 0 Å². The van der Waals surface area contributed by atoms with Crippen LogP contribution in [0.2, 0.25) is 5.02 Å². The van der Waals surface area contributed by atoms with Gasteiger partial charge in [0.05, 0.1) is 18.7 Å². The van der Waals surface area contributed by atoms with Crippen molar-refractivity contribution >= 4 is 17.3 Å². The van der Waals surface area contributed by atoms with Crippen LogP contribution < -0.4 is 10.1 Å². The average Bonchev–Trinajstić information content (AvgIpc) is 2.32. The number of hydrogen-bond acceptors (Lipinski definition) is 5. The van der Waals surface area contributed by atoms with E-state index in [4.69, 9.17) is 27.0 Å². The van der Waals surface area contributed by atoms with Crippen molar-refractivity contribution in [2.75, 3.05) is 19.0 Å². The van der Waals surface area contributed by atoms with Crippen molar-refractivity contribution in [1.29, 1.82) is 5.53 Å². The number of aliphatic hydroxyl groups is 1. The summed E-state index contributed by atoms with van der Waals surface area (Å²) in [5.74, 6) is 0.549. The Morgan fingerprint density at radius 2 is 2.44 bits per heavy atom. The Hall–Kier alpha value is -1.59. The Balaban J connectivity index is 2.82. The van der Waals surface area contributed by atoms with Crippen LogP contribution in [0.1, 0.15) is 0 Å². The molecule has 1 rings (SSSR count). The van der Waals surface area contributed by atoms with E-state index in [1.165, 1.54) is 13.3 Å². The molecular formula is C10H12ClN3O2. The monoisotopic (exact) mass is 241 g/mol. The average molecular weight is 242 g/mol. The lowest BCUT2D eigenvalue weighted by Crippen LogP contribution is -1.94.